The molecule has 8 nitrogen and oxygen atoms in total. The summed E-state index contributed by atoms with van der Waals surface area (Å²) in [6.07, 6.45) is 2.10. The highest BCUT2D eigenvalue weighted by molar-refractivity contribution is 7.22. The van der Waals surface area contributed by atoms with Gasteiger partial charge in [0.15, 0.2) is 5.13 Å². The van der Waals surface area contributed by atoms with E-state index in [4.69, 9.17) is 9.72 Å². The minimum atomic E-state index is -0.259. The molecule has 4 aromatic rings. The Hall–Kier alpha value is -4.11. The number of aromatic nitrogens is 2. The van der Waals surface area contributed by atoms with Crippen LogP contribution in [0.25, 0.3) is 10.2 Å². The van der Waals surface area contributed by atoms with Gasteiger partial charge in [-0.3, -0.25) is 29.2 Å². The van der Waals surface area contributed by atoms with Gasteiger partial charge < -0.3 is 4.74 Å². The van der Waals surface area contributed by atoms with E-state index in [-0.39, 0.29) is 37.1 Å². The smallest absolute Gasteiger partial charge is 0.260 e. The Labute approximate surface area is 205 Å². The third kappa shape index (κ3) is 4.63. The van der Waals surface area contributed by atoms with Crippen LogP contribution in [-0.4, -0.2) is 34.3 Å². The fourth-order valence-electron chi connectivity index (χ4n) is 3.92. The van der Waals surface area contributed by atoms with Crippen molar-refractivity contribution >= 4 is 50.1 Å². The van der Waals surface area contributed by atoms with Gasteiger partial charge in [0.05, 0.1) is 34.7 Å². The molecular weight excluding hydrogens is 464 g/mol. The summed E-state index contributed by atoms with van der Waals surface area (Å²) in [5, 5.41) is 0.540. The lowest BCUT2D eigenvalue weighted by atomic mass is 10.1. The van der Waals surface area contributed by atoms with Crippen molar-refractivity contribution in [3.8, 4) is 5.75 Å². The van der Waals surface area contributed by atoms with Crippen LogP contribution >= 0.6 is 11.3 Å². The summed E-state index contributed by atoms with van der Waals surface area (Å²) in [5.41, 5.74) is 2.38. The number of nitrogens with zero attached hydrogens (tertiary/aromatic N) is 4. The van der Waals surface area contributed by atoms with Crippen molar-refractivity contribution in [3.05, 3.63) is 78.1 Å². The van der Waals surface area contributed by atoms with Gasteiger partial charge in [-0.15, -0.1) is 0 Å². The highest BCUT2D eigenvalue weighted by Crippen LogP contribution is 2.33. The molecule has 0 atom stereocenters. The first kappa shape index (κ1) is 22.7. The molecule has 1 aliphatic rings. The second kappa shape index (κ2) is 9.63. The summed E-state index contributed by atoms with van der Waals surface area (Å²) < 4.78 is 6.51. The quantitative estimate of drug-likeness (QED) is 0.355. The van der Waals surface area contributed by atoms with Crippen molar-refractivity contribution in [2.24, 2.45) is 0 Å². The van der Waals surface area contributed by atoms with Gasteiger partial charge in [-0.1, -0.05) is 17.4 Å². The number of hydrogen-bond acceptors (Lipinski definition) is 7. The molecule has 0 bridgehead atoms. The Morgan fingerprint density at radius 2 is 1.83 bits per heavy atom. The summed E-state index contributed by atoms with van der Waals surface area (Å²) in [5.74, 6) is 0.0308. The maximum absolute atomic E-state index is 13.6. The lowest BCUT2D eigenvalue weighted by Crippen LogP contribution is -2.31. The van der Waals surface area contributed by atoms with E-state index in [1.165, 1.54) is 16.2 Å². The van der Waals surface area contributed by atoms with E-state index >= 15 is 0 Å². The number of rotatable bonds is 7. The molecule has 0 saturated carbocycles. The molecule has 176 valence electrons. The molecule has 1 saturated heterocycles. The van der Waals surface area contributed by atoms with E-state index in [1.54, 1.807) is 35.4 Å². The monoisotopic (exact) mass is 486 g/mol. The molecule has 0 spiro atoms. The van der Waals surface area contributed by atoms with Gasteiger partial charge in [-0.25, -0.2) is 4.98 Å². The van der Waals surface area contributed by atoms with Crippen molar-refractivity contribution in [3.63, 3.8) is 0 Å². The molecular formula is C26H22N4O4S. The van der Waals surface area contributed by atoms with Crippen LogP contribution in [-0.2, 0) is 16.1 Å². The first-order valence-corrected chi connectivity index (χ1v) is 12.1. The van der Waals surface area contributed by atoms with E-state index < -0.39 is 0 Å². The molecule has 3 heterocycles. The first-order valence-electron chi connectivity index (χ1n) is 11.2. The Balaban J connectivity index is 1.48. The Bertz CT molecular complexity index is 1390. The second-order valence-electron chi connectivity index (χ2n) is 7.94. The molecule has 0 aliphatic carbocycles. The lowest BCUT2D eigenvalue weighted by molar-refractivity contribution is -0.121. The number of imide groups is 1. The highest BCUT2D eigenvalue weighted by Gasteiger charge is 2.30. The number of fused-ring (bicyclic) bond motifs is 1. The van der Waals surface area contributed by atoms with Gasteiger partial charge in [-0.05, 0) is 61.5 Å². The number of ether oxygens (including phenoxy) is 1. The fraction of sp³-hybridized carbons (Fsp3) is 0.192. The molecule has 1 aliphatic heterocycles. The molecule has 0 radical (unpaired) electrons. The molecule has 2 aromatic heterocycles. The van der Waals surface area contributed by atoms with E-state index in [0.29, 0.717) is 23.0 Å². The molecule has 3 amide bonds. The van der Waals surface area contributed by atoms with Crippen LogP contribution in [0.3, 0.4) is 0 Å². The van der Waals surface area contributed by atoms with Gasteiger partial charge in [0.1, 0.15) is 5.75 Å². The number of carbonyl (C=O) groups is 3. The van der Waals surface area contributed by atoms with Gasteiger partial charge in [-0.2, -0.15) is 0 Å². The van der Waals surface area contributed by atoms with Crippen molar-refractivity contribution in [1.82, 2.24) is 9.97 Å². The van der Waals surface area contributed by atoms with Crippen molar-refractivity contribution < 1.29 is 19.1 Å². The molecule has 1 fully saturated rings. The molecule has 0 N–H and O–H groups in total. The summed E-state index contributed by atoms with van der Waals surface area (Å²) in [6.45, 7) is 2.73. The average molecular weight is 487 g/mol. The van der Waals surface area contributed by atoms with Crippen LogP contribution in [0.4, 0.5) is 10.8 Å². The maximum atomic E-state index is 13.6. The third-order valence-electron chi connectivity index (χ3n) is 5.61. The summed E-state index contributed by atoms with van der Waals surface area (Å²) in [6, 6.07) is 17.7. The molecule has 9 heteroatoms. The predicted octanol–water partition coefficient (Wildman–Crippen LogP) is 4.59. The average Bonchev–Trinajstić information content (AvgIpc) is 3.45. The number of thiazole rings is 1. The predicted molar refractivity (Wildman–Crippen MR) is 134 cm³/mol. The Morgan fingerprint density at radius 3 is 2.51 bits per heavy atom. The molecule has 0 unspecified atom stereocenters. The van der Waals surface area contributed by atoms with Crippen LogP contribution in [0, 0.1) is 0 Å². The zero-order valence-corrected chi connectivity index (χ0v) is 19.8. The van der Waals surface area contributed by atoms with Gasteiger partial charge in [0.2, 0.25) is 11.8 Å². The van der Waals surface area contributed by atoms with Crippen molar-refractivity contribution in [2.45, 2.75) is 26.3 Å². The van der Waals surface area contributed by atoms with Gasteiger partial charge in [0, 0.05) is 24.6 Å². The number of hydrogen-bond donors (Lipinski definition) is 0. The van der Waals surface area contributed by atoms with Crippen LogP contribution in [0.1, 0.15) is 35.8 Å². The van der Waals surface area contributed by atoms with Crippen molar-refractivity contribution in [1.29, 1.82) is 0 Å². The zero-order valence-electron chi connectivity index (χ0n) is 19.0. The fourth-order valence-corrected chi connectivity index (χ4v) is 4.91. The minimum absolute atomic E-state index is 0.208. The topological polar surface area (TPSA) is 92.7 Å². The van der Waals surface area contributed by atoms with E-state index in [2.05, 4.69) is 4.98 Å². The standard InChI is InChI=1S/C26H22N4O4S/c1-2-34-20-10-11-21-22(15-20)35-26(28-21)29(16-18-5-3-4-14-27-18)25(33)17-6-8-19(9-7-17)30-23(31)12-13-24(30)32/h3-11,14-15H,2,12-13,16H2,1H3. The van der Waals surface area contributed by atoms with Crippen LogP contribution in [0.2, 0.25) is 0 Å². The second-order valence-corrected chi connectivity index (χ2v) is 8.95. The van der Waals surface area contributed by atoms with Gasteiger partial charge >= 0.3 is 0 Å². The first-order chi connectivity index (χ1) is 17.0. The SMILES string of the molecule is CCOc1ccc2nc(N(Cc3ccccn3)C(=O)c3ccc(N4C(=O)CCC4=O)cc3)sc2c1. The number of benzene rings is 2. The zero-order chi connectivity index (χ0) is 24.4. The summed E-state index contributed by atoms with van der Waals surface area (Å²) in [4.78, 5) is 49.6. The number of anilines is 2. The van der Waals surface area contributed by atoms with Crippen LogP contribution in [0.5, 0.6) is 5.75 Å². The molecule has 35 heavy (non-hydrogen) atoms. The van der Waals surface area contributed by atoms with Crippen molar-refractivity contribution in [2.75, 3.05) is 16.4 Å². The number of carbonyl (C=O) groups excluding carboxylic acids is 3. The Kier molecular flexibility index (Phi) is 6.24. The lowest BCUT2D eigenvalue weighted by Gasteiger charge is -2.20. The van der Waals surface area contributed by atoms with E-state index in [0.717, 1.165) is 21.7 Å². The normalized spacial score (nSPS) is 13.5. The van der Waals surface area contributed by atoms with Crippen LogP contribution in [0.15, 0.2) is 66.9 Å². The van der Waals surface area contributed by atoms with Crippen LogP contribution < -0.4 is 14.5 Å². The van der Waals surface area contributed by atoms with E-state index in [1.807, 2.05) is 43.3 Å². The maximum Gasteiger partial charge on any atom is 0.260 e. The largest absolute Gasteiger partial charge is 0.494 e. The highest BCUT2D eigenvalue weighted by atomic mass is 32.1. The number of amides is 3. The third-order valence-corrected chi connectivity index (χ3v) is 6.65. The Morgan fingerprint density at radius 1 is 1.06 bits per heavy atom. The van der Waals surface area contributed by atoms with Gasteiger partial charge in [0.25, 0.3) is 5.91 Å². The number of pyridine rings is 1. The molecule has 2 aromatic carbocycles. The minimum Gasteiger partial charge on any atom is -0.494 e. The molecule has 5 rings (SSSR count). The van der Waals surface area contributed by atoms with E-state index in [9.17, 15) is 14.4 Å². The summed E-state index contributed by atoms with van der Waals surface area (Å²) in [7, 11) is 0. The summed E-state index contributed by atoms with van der Waals surface area (Å²) >= 11 is 1.40.